The number of aromatic nitrogens is 1. The summed E-state index contributed by atoms with van der Waals surface area (Å²) >= 11 is 0. The fourth-order valence-corrected chi connectivity index (χ4v) is 2.56. The number of allylic oxidation sites excluding steroid dienone is 1. The lowest BCUT2D eigenvalue weighted by Gasteiger charge is -2.18. The van der Waals surface area contributed by atoms with Crippen LogP contribution in [0.3, 0.4) is 0 Å². The number of piperidine rings is 1. The maximum absolute atomic E-state index is 5.76. The van der Waals surface area contributed by atoms with Crippen molar-refractivity contribution in [1.82, 2.24) is 10.3 Å². The lowest BCUT2D eigenvalue weighted by molar-refractivity contribution is 0.461. The van der Waals surface area contributed by atoms with Crippen LogP contribution >= 0.6 is 0 Å². The largest absolute Gasteiger partial charge is 0.404 e. The Morgan fingerprint density at radius 3 is 2.81 bits per heavy atom. The van der Waals surface area contributed by atoms with Crippen LogP contribution in [0.15, 0.2) is 47.6 Å². The molecule has 0 bridgehead atoms. The molecule has 0 amide bonds. The van der Waals surface area contributed by atoms with Crippen LogP contribution < -0.4 is 11.1 Å². The maximum Gasteiger partial charge on any atom is 0.0739 e. The second-order valence-corrected chi connectivity index (χ2v) is 5.27. The Morgan fingerprint density at radius 1 is 1.19 bits per heavy atom. The number of pyridine rings is 1. The lowest BCUT2D eigenvalue weighted by Crippen LogP contribution is -2.29. The van der Waals surface area contributed by atoms with E-state index in [-0.39, 0.29) is 0 Å². The van der Waals surface area contributed by atoms with Gasteiger partial charge in [0.1, 0.15) is 0 Å². The minimum Gasteiger partial charge on any atom is -0.404 e. The molecule has 1 saturated heterocycles. The van der Waals surface area contributed by atoms with Gasteiger partial charge in [-0.15, -0.1) is 0 Å². The predicted octanol–water partition coefficient (Wildman–Crippen LogP) is 2.36. The summed E-state index contributed by atoms with van der Waals surface area (Å²) in [5.74, 6) is 0. The van der Waals surface area contributed by atoms with Crippen LogP contribution in [0, 0.1) is 0 Å². The highest BCUT2D eigenvalue weighted by Crippen LogP contribution is 2.16. The van der Waals surface area contributed by atoms with Crippen molar-refractivity contribution >= 4 is 22.7 Å². The molecule has 1 fully saturated rings. The number of hydrogen-bond donors (Lipinski definition) is 2. The number of benzene rings is 1. The summed E-state index contributed by atoms with van der Waals surface area (Å²) < 4.78 is 0. The zero-order valence-electron chi connectivity index (χ0n) is 12.0. The van der Waals surface area contributed by atoms with Crippen LogP contribution in [0.4, 0.5) is 0 Å². The summed E-state index contributed by atoms with van der Waals surface area (Å²) in [6.45, 7) is 2.08. The highest BCUT2D eigenvalue weighted by molar-refractivity contribution is 6.09. The van der Waals surface area contributed by atoms with Crippen molar-refractivity contribution in [3.63, 3.8) is 0 Å². The molecule has 21 heavy (non-hydrogen) atoms. The van der Waals surface area contributed by atoms with Gasteiger partial charge in [0.05, 0.1) is 17.3 Å². The topological polar surface area (TPSA) is 63.3 Å². The summed E-state index contributed by atoms with van der Waals surface area (Å²) in [5, 5.41) is 4.47. The third kappa shape index (κ3) is 3.28. The van der Waals surface area contributed by atoms with E-state index in [1.54, 1.807) is 6.20 Å². The average Bonchev–Trinajstić information content (AvgIpc) is 2.56. The molecule has 4 heteroatoms. The summed E-state index contributed by atoms with van der Waals surface area (Å²) in [4.78, 5) is 9.32. The Kier molecular flexibility index (Phi) is 4.26. The average molecular weight is 280 g/mol. The molecule has 108 valence electrons. The Bertz CT molecular complexity index is 669. The van der Waals surface area contributed by atoms with Gasteiger partial charge < -0.3 is 11.1 Å². The molecule has 4 nitrogen and oxygen atoms in total. The summed E-state index contributed by atoms with van der Waals surface area (Å²) in [6, 6.07) is 12.5. The molecule has 0 radical (unpaired) electrons. The SMILES string of the molecule is NC=C(C=NC1CCNCC1)c1ccc2ccccc2n1. The van der Waals surface area contributed by atoms with E-state index < -0.39 is 0 Å². The van der Waals surface area contributed by atoms with E-state index in [2.05, 4.69) is 27.4 Å². The standard InChI is InChI=1S/C17H20N4/c18-11-14(12-20-15-7-9-19-10-8-15)17-6-5-13-3-1-2-4-16(13)21-17/h1-6,11-12,15,19H,7-10,18H2. The number of para-hydroxylation sites is 1. The van der Waals surface area contributed by atoms with Crippen LogP contribution in [-0.2, 0) is 0 Å². The number of hydrogen-bond acceptors (Lipinski definition) is 4. The predicted molar refractivity (Wildman–Crippen MR) is 88.3 cm³/mol. The molecule has 2 aromatic rings. The Balaban J connectivity index is 1.82. The molecule has 0 aliphatic carbocycles. The molecule has 1 aromatic heterocycles. The van der Waals surface area contributed by atoms with E-state index >= 15 is 0 Å². The number of nitrogens with two attached hydrogens (primary N) is 1. The van der Waals surface area contributed by atoms with E-state index in [0.29, 0.717) is 6.04 Å². The van der Waals surface area contributed by atoms with Gasteiger partial charge in [-0.2, -0.15) is 0 Å². The van der Waals surface area contributed by atoms with Gasteiger partial charge in [0, 0.05) is 23.4 Å². The second kappa shape index (κ2) is 6.50. The quantitative estimate of drug-likeness (QED) is 0.848. The summed E-state index contributed by atoms with van der Waals surface area (Å²) in [7, 11) is 0. The van der Waals surface area contributed by atoms with Crippen molar-refractivity contribution in [2.75, 3.05) is 13.1 Å². The first kappa shape index (κ1) is 13.8. The highest BCUT2D eigenvalue weighted by Gasteiger charge is 2.11. The number of rotatable bonds is 3. The van der Waals surface area contributed by atoms with E-state index in [0.717, 1.165) is 48.1 Å². The fraction of sp³-hybridized carbons (Fsp3) is 0.294. The van der Waals surface area contributed by atoms with E-state index in [4.69, 9.17) is 5.73 Å². The van der Waals surface area contributed by atoms with Crippen LogP contribution in [0.5, 0.6) is 0 Å². The van der Waals surface area contributed by atoms with Crippen molar-refractivity contribution in [2.24, 2.45) is 10.7 Å². The Hall–Kier alpha value is -2.20. The molecule has 1 aliphatic rings. The van der Waals surface area contributed by atoms with Gasteiger partial charge in [-0.25, -0.2) is 4.98 Å². The van der Waals surface area contributed by atoms with Crippen molar-refractivity contribution < 1.29 is 0 Å². The van der Waals surface area contributed by atoms with Crippen LogP contribution in [0.1, 0.15) is 18.5 Å². The van der Waals surface area contributed by atoms with E-state index in [9.17, 15) is 0 Å². The van der Waals surface area contributed by atoms with Gasteiger partial charge in [-0.3, -0.25) is 4.99 Å². The fourth-order valence-electron chi connectivity index (χ4n) is 2.56. The molecular formula is C17H20N4. The van der Waals surface area contributed by atoms with E-state index in [1.807, 2.05) is 30.5 Å². The molecule has 3 N–H and O–H groups in total. The Labute approximate surface area is 124 Å². The monoisotopic (exact) mass is 280 g/mol. The van der Waals surface area contributed by atoms with Gasteiger partial charge in [0.2, 0.25) is 0 Å². The molecule has 1 aromatic carbocycles. The van der Waals surface area contributed by atoms with Crippen LogP contribution in [-0.4, -0.2) is 30.3 Å². The smallest absolute Gasteiger partial charge is 0.0739 e. The lowest BCUT2D eigenvalue weighted by atomic mass is 10.1. The van der Waals surface area contributed by atoms with Gasteiger partial charge >= 0.3 is 0 Å². The molecule has 3 rings (SSSR count). The first-order chi connectivity index (χ1) is 10.4. The van der Waals surface area contributed by atoms with Crippen molar-refractivity contribution in [3.8, 4) is 0 Å². The zero-order valence-corrected chi connectivity index (χ0v) is 12.0. The number of nitrogens with zero attached hydrogens (tertiary/aromatic N) is 2. The number of aliphatic imine (C=N–C) groups is 1. The van der Waals surface area contributed by atoms with Gasteiger partial charge in [-0.05, 0) is 38.1 Å². The zero-order chi connectivity index (χ0) is 14.5. The van der Waals surface area contributed by atoms with Gasteiger partial charge in [0.15, 0.2) is 0 Å². The van der Waals surface area contributed by atoms with Crippen molar-refractivity contribution in [2.45, 2.75) is 18.9 Å². The third-order valence-corrected chi connectivity index (χ3v) is 3.81. The minimum atomic E-state index is 0.390. The molecule has 0 spiro atoms. The van der Waals surface area contributed by atoms with Gasteiger partial charge in [-0.1, -0.05) is 24.3 Å². The second-order valence-electron chi connectivity index (χ2n) is 5.27. The molecule has 1 aliphatic heterocycles. The normalized spacial score (nSPS) is 17.6. The van der Waals surface area contributed by atoms with Crippen LogP contribution in [0.2, 0.25) is 0 Å². The molecule has 0 saturated carbocycles. The van der Waals surface area contributed by atoms with Crippen LogP contribution in [0.25, 0.3) is 16.5 Å². The van der Waals surface area contributed by atoms with Crippen molar-refractivity contribution in [3.05, 3.63) is 48.3 Å². The highest BCUT2D eigenvalue weighted by atomic mass is 14.9. The molecule has 0 unspecified atom stereocenters. The number of fused-ring (bicyclic) bond motifs is 1. The van der Waals surface area contributed by atoms with Gasteiger partial charge in [0.25, 0.3) is 0 Å². The van der Waals surface area contributed by atoms with Crippen molar-refractivity contribution in [1.29, 1.82) is 0 Å². The number of nitrogens with one attached hydrogen (secondary N) is 1. The maximum atomic E-state index is 5.76. The minimum absolute atomic E-state index is 0.390. The molecule has 0 atom stereocenters. The first-order valence-electron chi connectivity index (χ1n) is 7.39. The summed E-state index contributed by atoms with van der Waals surface area (Å²) in [6.07, 6.45) is 5.62. The first-order valence-corrected chi connectivity index (χ1v) is 7.39. The van der Waals surface area contributed by atoms with E-state index in [1.165, 1.54) is 0 Å². The summed E-state index contributed by atoms with van der Waals surface area (Å²) in [5.41, 5.74) is 8.48. The Morgan fingerprint density at radius 2 is 2.00 bits per heavy atom. The molecular weight excluding hydrogens is 260 g/mol. The molecule has 2 heterocycles. The third-order valence-electron chi connectivity index (χ3n) is 3.81.